The summed E-state index contributed by atoms with van der Waals surface area (Å²) in [5, 5.41) is 14.7. The zero-order valence-corrected chi connectivity index (χ0v) is 27.6. The summed E-state index contributed by atoms with van der Waals surface area (Å²) < 4.78 is 11.9. The normalized spacial score (nSPS) is 25.4. The molecule has 3 aromatic carbocycles. The Labute approximate surface area is 267 Å². The van der Waals surface area contributed by atoms with E-state index in [0.717, 1.165) is 22.4 Å². The second-order valence-electron chi connectivity index (χ2n) is 14.6. The Morgan fingerprint density at radius 1 is 0.933 bits per heavy atom. The minimum absolute atomic E-state index is 0.0525. The largest absolute Gasteiger partial charge is 0.496 e. The molecule has 0 spiro atoms. The third kappa shape index (κ3) is 6.66. The standard InChI is InChI=1S/C38H48N2O5/c1-37(2,3)27-18-19-29(44-7)26(22-27)23-39-31-30(38(4,5)6)33(36(42)43)40(32(31)25-16-12-9-13-17-25)35(41)34-28(20-21-45-34)24-14-10-8-11-15-24/h8-19,22,28,30-34,39H,20-21,23H2,1-7H3,(H,42,43)/t28-,30+,31+,32+,33+,34-/m1/s1. The van der Waals surface area contributed by atoms with Crippen molar-refractivity contribution in [1.82, 2.24) is 10.2 Å². The van der Waals surface area contributed by atoms with Crippen LogP contribution in [0.1, 0.15) is 82.2 Å². The third-order valence-electron chi connectivity index (χ3n) is 9.55. The van der Waals surface area contributed by atoms with Gasteiger partial charge in [0.2, 0.25) is 0 Å². The molecule has 0 aromatic heterocycles. The average molecular weight is 613 g/mol. The molecule has 0 unspecified atom stereocenters. The number of ether oxygens (including phenoxy) is 2. The van der Waals surface area contributed by atoms with E-state index in [0.29, 0.717) is 19.6 Å². The predicted octanol–water partition coefficient (Wildman–Crippen LogP) is 6.72. The summed E-state index contributed by atoms with van der Waals surface area (Å²) in [6.07, 6.45) is -0.0561. The van der Waals surface area contributed by atoms with Crippen LogP contribution in [-0.2, 0) is 26.3 Å². The summed E-state index contributed by atoms with van der Waals surface area (Å²) >= 11 is 0. The zero-order chi connectivity index (χ0) is 32.5. The molecular formula is C38H48N2O5. The van der Waals surface area contributed by atoms with Gasteiger partial charge >= 0.3 is 5.97 Å². The van der Waals surface area contributed by atoms with Crippen molar-refractivity contribution in [2.75, 3.05) is 13.7 Å². The van der Waals surface area contributed by atoms with Gasteiger partial charge in [-0.2, -0.15) is 0 Å². The number of carboxylic acid groups (broad SMARTS) is 1. The first-order chi connectivity index (χ1) is 21.3. The molecule has 45 heavy (non-hydrogen) atoms. The van der Waals surface area contributed by atoms with Gasteiger partial charge in [0.15, 0.2) is 0 Å². The van der Waals surface area contributed by atoms with Crippen molar-refractivity contribution in [3.8, 4) is 5.75 Å². The topological polar surface area (TPSA) is 88.1 Å². The van der Waals surface area contributed by atoms with Crippen LogP contribution in [0.2, 0.25) is 0 Å². The van der Waals surface area contributed by atoms with Crippen molar-refractivity contribution in [3.63, 3.8) is 0 Å². The third-order valence-corrected chi connectivity index (χ3v) is 9.55. The lowest BCUT2D eigenvalue weighted by Gasteiger charge is -2.35. The first-order valence-corrected chi connectivity index (χ1v) is 16.0. The summed E-state index contributed by atoms with van der Waals surface area (Å²) in [5.41, 5.74) is 3.60. The number of hydrogen-bond acceptors (Lipinski definition) is 5. The number of carbonyl (C=O) groups excluding carboxylic acids is 1. The molecule has 2 aliphatic rings. The Kier molecular flexibility index (Phi) is 9.43. The van der Waals surface area contributed by atoms with Crippen LogP contribution >= 0.6 is 0 Å². The number of benzene rings is 3. The quantitative estimate of drug-likeness (QED) is 0.294. The highest BCUT2D eigenvalue weighted by Gasteiger charge is 2.59. The van der Waals surface area contributed by atoms with Crippen LogP contribution in [0, 0.1) is 11.3 Å². The second kappa shape index (κ2) is 13.0. The maximum Gasteiger partial charge on any atom is 0.326 e. The van der Waals surface area contributed by atoms with Gasteiger partial charge in [-0.3, -0.25) is 4.79 Å². The number of methoxy groups -OCH3 is 1. The molecule has 1 amide bonds. The average Bonchev–Trinajstić information content (AvgIpc) is 3.64. The summed E-state index contributed by atoms with van der Waals surface area (Å²) in [4.78, 5) is 29.7. The fourth-order valence-electron chi connectivity index (χ4n) is 7.36. The first-order valence-electron chi connectivity index (χ1n) is 16.0. The van der Waals surface area contributed by atoms with E-state index in [9.17, 15) is 14.7 Å². The number of nitrogens with one attached hydrogen (secondary N) is 1. The van der Waals surface area contributed by atoms with E-state index in [1.165, 1.54) is 5.56 Å². The van der Waals surface area contributed by atoms with Gasteiger partial charge in [0.1, 0.15) is 17.9 Å². The van der Waals surface area contributed by atoms with E-state index in [2.05, 4.69) is 59.0 Å². The molecule has 0 bridgehead atoms. The van der Waals surface area contributed by atoms with Gasteiger partial charge in [-0.1, -0.05) is 114 Å². The van der Waals surface area contributed by atoms with Gasteiger partial charge in [0.25, 0.3) is 5.91 Å². The summed E-state index contributed by atoms with van der Waals surface area (Å²) in [6.45, 7) is 13.6. The van der Waals surface area contributed by atoms with Crippen molar-refractivity contribution in [2.24, 2.45) is 11.3 Å². The molecule has 7 heteroatoms. The van der Waals surface area contributed by atoms with E-state index in [1.54, 1.807) is 12.0 Å². The lowest BCUT2D eigenvalue weighted by atomic mass is 9.72. The molecule has 240 valence electrons. The number of carbonyl (C=O) groups is 2. The number of nitrogens with zero attached hydrogens (tertiary/aromatic N) is 1. The van der Waals surface area contributed by atoms with Crippen LogP contribution in [0.15, 0.2) is 78.9 Å². The SMILES string of the molecule is COc1ccc(C(C)(C)C)cc1CN[C@H]1[C@H](C(C)(C)C)[C@@H](C(=O)O)N(C(=O)[C@@H]2OCC[C@@H]2c2ccccc2)[C@H]1c1ccccc1. The molecule has 3 aromatic rings. The Morgan fingerprint density at radius 2 is 1.56 bits per heavy atom. The maximum atomic E-state index is 14.8. The van der Waals surface area contributed by atoms with Gasteiger partial charge in [-0.05, 0) is 40.0 Å². The maximum absolute atomic E-state index is 14.8. The lowest BCUT2D eigenvalue weighted by Crippen LogP contribution is -2.51. The minimum atomic E-state index is -1.05. The highest BCUT2D eigenvalue weighted by Crippen LogP contribution is 2.49. The predicted molar refractivity (Wildman–Crippen MR) is 176 cm³/mol. The summed E-state index contributed by atoms with van der Waals surface area (Å²) in [6, 6.07) is 24.1. The van der Waals surface area contributed by atoms with Crippen molar-refractivity contribution >= 4 is 11.9 Å². The molecule has 2 saturated heterocycles. The molecule has 0 saturated carbocycles. The van der Waals surface area contributed by atoms with Gasteiger partial charge in [-0.25, -0.2) is 4.79 Å². The molecule has 2 aliphatic heterocycles. The Hall–Kier alpha value is -3.68. The molecule has 6 atom stereocenters. The van der Waals surface area contributed by atoms with E-state index >= 15 is 0 Å². The van der Waals surface area contributed by atoms with Gasteiger partial charge in [-0.15, -0.1) is 0 Å². The van der Waals surface area contributed by atoms with Crippen LogP contribution in [0.4, 0.5) is 0 Å². The monoisotopic (exact) mass is 612 g/mol. The summed E-state index contributed by atoms with van der Waals surface area (Å²) in [7, 11) is 1.67. The van der Waals surface area contributed by atoms with Crippen LogP contribution in [0.5, 0.6) is 5.75 Å². The molecule has 2 N–H and O–H groups in total. The Bertz CT molecular complexity index is 1480. The lowest BCUT2D eigenvalue weighted by molar-refractivity contribution is -0.156. The molecular weight excluding hydrogens is 564 g/mol. The first kappa shape index (κ1) is 32.7. The number of carboxylic acids is 1. The fourth-order valence-corrected chi connectivity index (χ4v) is 7.36. The fraction of sp³-hybridized carbons (Fsp3) is 0.474. The van der Waals surface area contributed by atoms with E-state index in [1.807, 2.05) is 66.7 Å². The highest BCUT2D eigenvalue weighted by molar-refractivity contribution is 5.89. The second-order valence-corrected chi connectivity index (χ2v) is 14.6. The van der Waals surface area contributed by atoms with Gasteiger partial charge < -0.3 is 24.8 Å². The van der Waals surface area contributed by atoms with Gasteiger partial charge in [0, 0.05) is 36.6 Å². The van der Waals surface area contributed by atoms with Crippen LogP contribution in [-0.4, -0.2) is 53.8 Å². The smallest absolute Gasteiger partial charge is 0.326 e. The Morgan fingerprint density at radius 3 is 2.11 bits per heavy atom. The van der Waals surface area contributed by atoms with Crippen LogP contribution < -0.4 is 10.1 Å². The van der Waals surface area contributed by atoms with Crippen molar-refractivity contribution in [2.45, 2.75) is 90.1 Å². The number of hydrogen-bond donors (Lipinski definition) is 2. The van der Waals surface area contributed by atoms with Crippen molar-refractivity contribution < 1.29 is 24.2 Å². The molecule has 0 aliphatic carbocycles. The molecule has 2 heterocycles. The van der Waals surface area contributed by atoms with E-state index < -0.39 is 35.5 Å². The zero-order valence-electron chi connectivity index (χ0n) is 27.6. The van der Waals surface area contributed by atoms with E-state index in [-0.39, 0.29) is 23.3 Å². The Balaban J connectivity index is 1.60. The number of aliphatic carboxylic acids is 1. The molecule has 7 nitrogen and oxygen atoms in total. The molecule has 2 fully saturated rings. The number of rotatable bonds is 8. The summed E-state index contributed by atoms with van der Waals surface area (Å²) in [5.74, 6) is -1.06. The highest BCUT2D eigenvalue weighted by atomic mass is 16.5. The molecule has 0 radical (unpaired) electrons. The molecule has 5 rings (SSSR count). The van der Waals surface area contributed by atoms with Crippen molar-refractivity contribution in [3.05, 3.63) is 101 Å². The van der Waals surface area contributed by atoms with E-state index in [4.69, 9.17) is 9.47 Å². The number of likely N-dealkylation sites (tertiary alicyclic amines) is 1. The minimum Gasteiger partial charge on any atom is -0.496 e. The van der Waals surface area contributed by atoms with Crippen LogP contribution in [0.25, 0.3) is 0 Å². The van der Waals surface area contributed by atoms with Crippen molar-refractivity contribution in [1.29, 1.82) is 0 Å². The van der Waals surface area contributed by atoms with Gasteiger partial charge in [0.05, 0.1) is 13.2 Å². The number of amides is 1. The van der Waals surface area contributed by atoms with Crippen LogP contribution in [0.3, 0.4) is 0 Å².